The molecule has 0 bridgehead atoms. The van der Waals surface area contributed by atoms with Gasteiger partial charge in [0.1, 0.15) is 0 Å². The lowest BCUT2D eigenvalue weighted by atomic mass is 10.0. The van der Waals surface area contributed by atoms with Gasteiger partial charge >= 0.3 is 0 Å². The molecule has 1 amide bonds. The summed E-state index contributed by atoms with van der Waals surface area (Å²) in [6.07, 6.45) is 8.48. The van der Waals surface area contributed by atoms with Crippen LogP contribution >= 0.6 is 15.9 Å². The van der Waals surface area contributed by atoms with E-state index >= 15 is 0 Å². The van der Waals surface area contributed by atoms with Crippen LogP contribution in [0.2, 0.25) is 0 Å². The number of hydrogen-bond donors (Lipinski definition) is 1. The summed E-state index contributed by atoms with van der Waals surface area (Å²) in [6.45, 7) is 6.35. The van der Waals surface area contributed by atoms with E-state index in [1.165, 1.54) is 38.6 Å². The van der Waals surface area contributed by atoms with Crippen LogP contribution in [0.15, 0.2) is 0 Å². The van der Waals surface area contributed by atoms with E-state index in [2.05, 4.69) is 33.1 Å². The molecule has 1 saturated heterocycles. The van der Waals surface area contributed by atoms with E-state index in [0.717, 1.165) is 31.4 Å². The summed E-state index contributed by atoms with van der Waals surface area (Å²) >= 11 is 3.47. The van der Waals surface area contributed by atoms with Crippen LogP contribution in [0.3, 0.4) is 0 Å². The van der Waals surface area contributed by atoms with E-state index < -0.39 is 0 Å². The molecule has 1 N–H and O–H groups in total. The molecule has 1 unspecified atom stereocenters. The highest BCUT2D eigenvalue weighted by atomic mass is 79.9. The zero-order chi connectivity index (χ0) is 13.9. The van der Waals surface area contributed by atoms with Gasteiger partial charge in [-0.05, 0) is 38.3 Å². The minimum absolute atomic E-state index is 0.226. The van der Waals surface area contributed by atoms with Crippen LogP contribution in [-0.2, 0) is 4.79 Å². The van der Waals surface area contributed by atoms with E-state index in [4.69, 9.17) is 0 Å². The van der Waals surface area contributed by atoms with E-state index in [-0.39, 0.29) is 5.91 Å². The van der Waals surface area contributed by atoms with Crippen molar-refractivity contribution in [3.8, 4) is 0 Å². The number of amides is 1. The Morgan fingerprint density at radius 2 is 1.95 bits per heavy atom. The summed E-state index contributed by atoms with van der Waals surface area (Å²) in [5.74, 6) is 0.739. The number of nitrogens with one attached hydrogen (secondary N) is 1. The predicted molar refractivity (Wildman–Crippen MR) is 84.7 cm³/mol. The molecule has 1 heterocycles. The molecule has 0 aromatic rings. The lowest BCUT2D eigenvalue weighted by Gasteiger charge is -2.22. The predicted octanol–water partition coefficient (Wildman–Crippen LogP) is 3.18. The van der Waals surface area contributed by atoms with Crippen molar-refractivity contribution in [1.29, 1.82) is 0 Å². The lowest BCUT2D eigenvalue weighted by molar-refractivity contribution is -0.121. The van der Waals surface area contributed by atoms with Crippen molar-refractivity contribution in [2.75, 3.05) is 31.5 Å². The first-order valence-electron chi connectivity index (χ1n) is 7.77. The maximum Gasteiger partial charge on any atom is 0.220 e. The number of alkyl halides is 1. The Kier molecular flexibility index (Phi) is 9.52. The van der Waals surface area contributed by atoms with Gasteiger partial charge in [0.15, 0.2) is 0 Å². The van der Waals surface area contributed by atoms with Gasteiger partial charge in [-0.25, -0.2) is 0 Å². The molecule has 19 heavy (non-hydrogen) atoms. The van der Waals surface area contributed by atoms with Gasteiger partial charge in [0.2, 0.25) is 5.91 Å². The molecule has 1 fully saturated rings. The molecular weight excluding hydrogens is 304 g/mol. The van der Waals surface area contributed by atoms with Gasteiger partial charge in [0.25, 0.3) is 0 Å². The van der Waals surface area contributed by atoms with Crippen molar-refractivity contribution >= 4 is 21.8 Å². The van der Waals surface area contributed by atoms with Crippen molar-refractivity contribution in [2.24, 2.45) is 5.92 Å². The van der Waals surface area contributed by atoms with Gasteiger partial charge in [-0.2, -0.15) is 0 Å². The van der Waals surface area contributed by atoms with Crippen LogP contribution in [-0.4, -0.2) is 42.3 Å². The molecule has 0 spiro atoms. The maximum atomic E-state index is 11.5. The van der Waals surface area contributed by atoms with Crippen molar-refractivity contribution in [1.82, 2.24) is 10.2 Å². The second-order valence-corrected chi connectivity index (χ2v) is 6.54. The number of carbonyl (C=O) groups is 1. The van der Waals surface area contributed by atoms with Crippen molar-refractivity contribution in [3.63, 3.8) is 0 Å². The fourth-order valence-corrected chi connectivity index (χ4v) is 2.94. The van der Waals surface area contributed by atoms with Gasteiger partial charge in [-0.1, -0.05) is 42.1 Å². The van der Waals surface area contributed by atoms with Gasteiger partial charge in [0.05, 0.1) is 0 Å². The van der Waals surface area contributed by atoms with Crippen molar-refractivity contribution < 1.29 is 4.79 Å². The zero-order valence-electron chi connectivity index (χ0n) is 12.3. The first kappa shape index (κ1) is 17.0. The zero-order valence-corrected chi connectivity index (χ0v) is 13.9. The molecular formula is C15H29BrN2O. The third kappa shape index (κ3) is 8.64. The Balaban J connectivity index is 2.15. The smallest absolute Gasteiger partial charge is 0.220 e. The molecule has 0 saturated carbocycles. The Bertz CT molecular complexity index is 248. The van der Waals surface area contributed by atoms with E-state index in [0.29, 0.717) is 12.3 Å². The summed E-state index contributed by atoms with van der Waals surface area (Å²) in [5.41, 5.74) is 0. The minimum Gasteiger partial charge on any atom is -0.355 e. The molecule has 1 rings (SSSR count). The lowest BCUT2D eigenvalue weighted by Crippen LogP contribution is -2.34. The third-order valence-electron chi connectivity index (χ3n) is 3.83. The Hall–Kier alpha value is -0.0900. The molecule has 0 radical (unpaired) electrons. The van der Waals surface area contributed by atoms with Gasteiger partial charge in [-0.3, -0.25) is 4.79 Å². The normalized spacial score (nSPS) is 22.4. The quantitative estimate of drug-likeness (QED) is 0.573. The van der Waals surface area contributed by atoms with Crippen molar-refractivity contribution in [2.45, 2.75) is 51.9 Å². The second-order valence-electron chi connectivity index (χ2n) is 5.75. The molecule has 112 valence electrons. The summed E-state index contributed by atoms with van der Waals surface area (Å²) in [4.78, 5) is 14.1. The molecule has 0 aromatic carbocycles. The van der Waals surface area contributed by atoms with E-state index in [9.17, 15) is 4.79 Å². The van der Waals surface area contributed by atoms with Crippen LogP contribution in [0.1, 0.15) is 51.9 Å². The Morgan fingerprint density at radius 3 is 2.74 bits per heavy atom. The highest BCUT2D eigenvalue weighted by Crippen LogP contribution is 2.11. The molecule has 1 atom stereocenters. The van der Waals surface area contributed by atoms with Crippen LogP contribution in [0.5, 0.6) is 0 Å². The van der Waals surface area contributed by atoms with E-state index in [1.807, 2.05) is 0 Å². The molecule has 0 aromatic heterocycles. The van der Waals surface area contributed by atoms with Crippen LogP contribution < -0.4 is 5.32 Å². The Labute approximate surface area is 126 Å². The monoisotopic (exact) mass is 332 g/mol. The van der Waals surface area contributed by atoms with Gasteiger partial charge in [0, 0.05) is 24.8 Å². The fraction of sp³-hybridized carbons (Fsp3) is 0.933. The topological polar surface area (TPSA) is 32.3 Å². The molecule has 0 aliphatic carbocycles. The van der Waals surface area contributed by atoms with Crippen molar-refractivity contribution in [3.05, 3.63) is 0 Å². The minimum atomic E-state index is 0.226. The highest BCUT2D eigenvalue weighted by molar-refractivity contribution is 9.09. The summed E-state index contributed by atoms with van der Waals surface area (Å²) in [7, 11) is 0. The number of nitrogens with zero attached hydrogens (tertiary/aromatic N) is 1. The van der Waals surface area contributed by atoms with Crippen LogP contribution in [0, 0.1) is 5.92 Å². The molecule has 1 aliphatic rings. The number of unbranched alkanes of at least 4 members (excludes halogenated alkanes) is 4. The summed E-state index contributed by atoms with van der Waals surface area (Å²) in [6, 6.07) is 0. The average molecular weight is 333 g/mol. The van der Waals surface area contributed by atoms with Crippen LogP contribution in [0.25, 0.3) is 0 Å². The number of carbonyl (C=O) groups excluding carboxylic acids is 1. The summed E-state index contributed by atoms with van der Waals surface area (Å²) in [5, 5.41) is 4.15. The second kappa shape index (κ2) is 10.7. The molecule has 1 aliphatic heterocycles. The van der Waals surface area contributed by atoms with Gasteiger partial charge in [-0.15, -0.1) is 0 Å². The maximum absolute atomic E-state index is 11.5. The summed E-state index contributed by atoms with van der Waals surface area (Å²) < 4.78 is 0. The highest BCUT2D eigenvalue weighted by Gasteiger charge is 2.14. The number of halogens is 1. The number of hydrogen-bond acceptors (Lipinski definition) is 2. The molecule has 3 nitrogen and oxygen atoms in total. The third-order valence-corrected chi connectivity index (χ3v) is 4.39. The Morgan fingerprint density at radius 1 is 1.21 bits per heavy atom. The standard InChI is InChI=1S/C15H29BrN2O/c1-14-7-11-18(12-9-17-15(19)13-14)10-6-4-2-3-5-8-16/h14H,2-13H2,1H3,(H,17,19). The first-order valence-corrected chi connectivity index (χ1v) is 8.89. The fourth-order valence-electron chi connectivity index (χ4n) is 2.54. The molecule has 4 heteroatoms. The average Bonchev–Trinajstić information content (AvgIpc) is 2.45. The first-order chi connectivity index (χ1) is 9.22. The van der Waals surface area contributed by atoms with E-state index in [1.54, 1.807) is 0 Å². The van der Waals surface area contributed by atoms with Crippen LogP contribution in [0.4, 0.5) is 0 Å². The number of rotatable bonds is 7. The SMILES string of the molecule is CC1CCN(CCCCCCCBr)CCNC(=O)C1. The van der Waals surface area contributed by atoms with Gasteiger partial charge < -0.3 is 10.2 Å². The largest absolute Gasteiger partial charge is 0.355 e.